The molecule has 4 heteroatoms. The summed E-state index contributed by atoms with van der Waals surface area (Å²) in [5.74, 6) is -0.235. The Morgan fingerprint density at radius 3 is 3.00 bits per heavy atom. The number of aryl methyl sites for hydroxylation is 1. The number of aromatic nitrogens is 2. The van der Waals surface area contributed by atoms with Gasteiger partial charge in [-0.25, -0.2) is 4.39 Å². The Bertz CT molecular complexity index is 462. The van der Waals surface area contributed by atoms with Crippen molar-refractivity contribution >= 4 is 10.9 Å². The summed E-state index contributed by atoms with van der Waals surface area (Å²) in [6.07, 6.45) is 0.681. The zero-order valence-corrected chi connectivity index (χ0v) is 8.00. The van der Waals surface area contributed by atoms with Gasteiger partial charge in [-0.05, 0) is 12.6 Å². The van der Waals surface area contributed by atoms with Crippen LogP contribution >= 0.6 is 0 Å². The van der Waals surface area contributed by atoms with Crippen molar-refractivity contribution in [1.29, 1.82) is 0 Å². The standard InChI is InChI=1S/C10H12FN3/c1-14-10-7(3-2-4-8(10)11)9(13-14)5-6-12/h2-4H,5-6,12H2,1H3. The molecule has 14 heavy (non-hydrogen) atoms. The molecule has 0 bridgehead atoms. The van der Waals surface area contributed by atoms with Gasteiger partial charge in [-0.2, -0.15) is 5.10 Å². The highest BCUT2D eigenvalue weighted by Crippen LogP contribution is 2.20. The van der Waals surface area contributed by atoms with Crippen LogP contribution in [0.25, 0.3) is 10.9 Å². The lowest BCUT2D eigenvalue weighted by atomic mass is 10.1. The van der Waals surface area contributed by atoms with Gasteiger partial charge in [0.2, 0.25) is 0 Å². The molecule has 1 heterocycles. The largest absolute Gasteiger partial charge is 0.330 e. The van der Waals surface area contributed by atoms with E-state index >= 15 is 0 Å². The Balaban J connectivity index is 2.71. The first kappa shape index (κ1) is 9.15. The van der Waals surface area contributed by atoms with Crippen molar-refractivity contribution in [2.45, 2.75) is 6.42 Å². The molecule has 0 saturated carbocycles. The fourth-order valence-electron chi connectivity index (χ4n) is 1.68. The number of rotatable bonds is 2. The van der Waals surface area contributed by atoms with Crippen LogP contribution in [0.3, 0.4) is 0 Å². The molecule has 1 aromatic carbocycles. The number of para-hydroxylation sites is 1. The molecule has 0 atom stereocenters. The molecule has 0 unspecified atom stereocenters. The zero-order valence-electron chi connectivity index (χ0n) is 8.00. The third kappa shape index (κ3) is 1.28. The van der Waals surface area contributed by atoms with Crippen molar-refractivity contribution in [2.75, 3.05) is 6.54 Å². The number of nitrogens with zero attached hydrogens (tertiary/aromatic N) is 2. The summed E-state index contributed by atoms with van der Waals surface area (Å²) in [6, 6.07) is 5.01. The minimum Gasteiger partial charge on any atom is -0.330 e. The van der Waals surface area contributed by atoms with E-state index in [9.17, 15) is 4.39 Å². The second-order valence-corrected chi connectivity index (χ2v) is 3.24. The maximum Gasteiger partial charge on any atom is 0.149 e. The molecule has 0 saturated heterocycles. The monoisotopic (exact) mass is 193 g/mol. The smallest absolute Gasteiger partial charge is 0.149 e. The van der Waals surface area contributed by atoms with Crippen molar-refractivity contribution < 1.29 is 4.39 Å². The summed E-state index contributed by atoms with van der Waals surface area (Å²) in [7, 11) is 1.74. The van der Waals surface area contributed by atoms with Crippen LogP contribution in [-0.4, -0.2) is 16.3 Å². The van der Waals surface area contributed by atoms with E-state index in [1.54, 1.807) is 17.8 Å². The summed E-state index contributed by atoms with van der Waals surface area (Å²) >= 11 is 0. The molecule has 2 rings (SSSR count). The Hall–Kier alpha value is -1.42. The molecule has 74 valence electrons. The molecule has 0 aliphatic carbocycles. The van der Waals surface area contributed by atoms with Crippen molar-refractivity contribution in [3.63, 3.8) is 0 Å². The maximum absolute atomic E-state index is 13.4. The minimum absolute atomic E-state index is 0.235. The predicted octanol–water partition coefficient (Wildman–Crippen LogP) is 1.21. The van der Waals surface area contributed by atoms with Crippen molar-refractivity contribution in [3.05, 3.63) is 29.7 Å². The lowest BCUT2D eigenvalue weighted by Crippen LogP contribution is -2.03. The van der Waals surface area contributed by atoms with Crippen LogP contribution in [0.1, 0.15) is 5.69 Å². The van der Waals surface area contributed by atoms with Gasteiger partial charge in [0, 0.05) is 18.9 Å². The number of benzene rings is 1. The Morgan fingerprint density at radius 2 is 2.29 bits per heavy atom. The topological polar surface area (TPSA) is 43.8 Å². The number of hydrogen-bond acceptors (Lipinski definition) is 2. The van der Waals surface area contributed by atoms with Crippen molar-refractivity contribution in [3.8, 4) is 0 Å². The van der Waals surface area contributed by atoms with Crippen LogP contribution in [-0.2, 0) is 13.5 Å². The van der Waals surface area contributed by atoms with E-state index < -0.39 is 0 Å². The number of halogens is 1. The second-order valence-electron chi connectivity index (χ2n) is 3.24. The molecule has 2 N–H and O–H groups in total. The van der Waals surface area contributed by atoms with Crippen LogP contribution < -0.4 is 5.73 Å². The van der Waals surface area contributed by atoms with E-state index in [0.29, 0.717) is 18.5 Å². The van der Waals surface area contributed by atoms with Gasteiger partial charge in [0.05, 0.1) is 5.69 Å². The lowest BCUT2D eigenvalue weighted by molar-refractivity contribution is 0.625. The minimum atomic E-state index is -0.235. The highest BCUT2D eigenvalue weighted by Gasteiger charge is 2.10. The van der Waals surface area contributed by atoms with Crippen LogP contribution in [0.15, 0.2) is 18.2 Å². The molecule has 0 fully saturated rings. The summed E-state index contributed by atoms with van der Waals surface area (Å²) in [4.78, 5) is 0. The summed E-state index contributed by atoms with van der Waals surface area (Å²) in [5.41, 5.74) is 6.87. The van der Waals surface area contributed by atoms with E-state index in [2.05, 4.69) is 5.10 Å². The summed E-state index contributed by atoms with van der Waals surface area (Å²) < 4.78 is 15.0. The lowest BCUT2D eigenvalue weighted by Gasteiger charge is -1.94. The second kappa shape index (κ2) is 3.38. The molecule has 3 nitrogen and oxygen atoms in total. The Labute approximate surface area is 81.3 Å². The molecular formula is C10H12FN3. The quantitative estimate of drug-likeness (QED) is 0.779. The van der Waals surface area contributed by atoms with Crippen LogP contribution in [0.2, 0.25) is 0 Å². The van der Waals surface area contributed by atoms with Gasteiger partial charge in [0.25, 0.3) is 0 Å². The van der Waals surface area contributed by atoms with Crippen molar-refractivity contribution in [2.24, 2.45) is 12.8 Å². The highest BCUT2D eigenvalue weighted by molar-refractivity contribution is 5.82. The molecule has 1 aromatic heterocycles. The van der Waals surface area contributed by atoms with E-state index in [4.69, 9.17) is 5.73 Å². The molecular weight excluding hydrogens is 181 g/mol. The summed E-state index contributed by atoms with van der Waals surface area (Å²) in [6.45, 7) is 0.530. The third-order valence-electron chi connectivity index (χ3n) is 2.27. The summed E-state index contributed by atoms with van der Waals surface area (Å²) in [5, 5.41) is 5.10. The SMILES string of the molecule is Cn1nc(CCN)c2cccc(F)c21. The third-order valence-corrected chi connectivity index (χ3v) is 2.27. The average Bonchev–Trinajstić information content (AvgIpc) is 2.46. The van der Waals surface area contributed by atoms with E-state index in [-0.39, 0.29) is 5.82 Å². The van der Waals surface area contributed by atoms with Gasteiger partial charge in [0.1, 0.15) is 11.3 Å². The van der Waals surface area contributed by atoms with E-state index in [1.807, 2.05) is 6.07 Å². The first-order valence-corrected chi connectivity index (χ1v) is 4.54. The van der Waals surface area contributed by atoms with Crippen LogP contribution in [0.5, 0.6) is 0 Å². The molecule has 0 radical (unpaired) electrons. The van der Waals surface area contributed by atoms with Gasteiger partial charge in [-0.1, -0.05) is 12.1 Å². The average molecular weight is 193 g/mol. The van der Waals surface area contributed by atoms with E-state index in [1.165, 1.54) is 6.07 Å². The predicted molar refractivity (Wildman–Crippen MR) is 53.4 cm³/mol. The Morgan fingerprint density at radius 1 is 1.50 bits per heavy atom. The first-order valence-electron chi connectivity index (χ1n) is 4.54. The fraction of sp³-hybridized carbons (Fsp3) is 0.300. The number of hydrogen-bond donors (Lipinski definition) is 1. The molecule has 0 amide bonds. The fourth-order valence-corrected chi connectivity index (χ4v) is 1.68. The highest BCUT2D eigenvalue weighted by atomic mass is 19.1. The first-order chi connectivity index (χ1) is 6.74. The Kier molecular flexibility index (Phi) is 2.21. The van der Waals surface area contributed by atoms with Gasteiger partial charge in [-0.3, -0.25) is 4.68 Å². The van der Waals surface area contributed by atoms with Gasteiger partial charge in [-0.15, -0.1) is 0 Å². The molecule has 0 aliphatic rings. The van der Waals surface area contributed by atoms with Crippen molar-refractivity contribution in [1.82, 2.24) is 9.78 Å². The van der Waals surface area contributed by atoms with Crippen LogP contribution in [0.4, 0.5) is 4.39 Å². The number of fused-ring (bicyclic) bond motifs is 1. The van der Waals surface area contributed by atoms with E-state index in [0.717, 1.165) is 11.1 Å². The number of nitrogens with two attached hydrogens (primary N) is 1. The molecule has 0 spiro atoms. The van der Waals surface area contributed by atoms with Gasteiger partial charge >= 0.3 is 0 Å². The van der Waals surface area contributed by atoms with Gasteiger partial charge < -0.3 is 5.73 Å². The van der Waals surface area contributed by atoms with Gasteiger partial charge in [0.15, 0.2) is 0 Å². The maximum atomic E-state index is 13.4. The van der Waals surface area contributed by atoms with Crippen LogP contribution in [0, 0.1) is 5.82 Å². The molecule has 2 aromatic rings. The zero-order chi connectivity index (χ0) is 10.1. The molecule has 0 aliphatic heterocycles. The normalized spacial score (nSPS) is 11.1.